The molecular formula is C26H32O3. The molecular weight excluding hydrogens is 360 g/mol. The molecule has 0 saturated heterocycles. The van der Waals surface area contributed by atoms with Crippen LogP contribution in [0.3, 0.4) is 0 Å². The van der Waals surface area contributed by atoms with Crippen molar-refractivity contribution in [1.82, 2.24) is 0 Å². The van der Waals surface area contributed by atoms with E-state index in [-0.39, 0.29) is 5.97 Å². The number of benzene rings is 2. The Labute approximate surface area is 174 Å². The SMILES string of the molecule is CCC(C)(C)C(=O)OCCCOc1cccc2c1CCCC(c1ccccc1)=C2. The van der Waals surface area contributed by atoms with Gasteiger partial charge in [0.25, 0.3) is 0 Å². The number of carbonyl (C=O) groups is 1. The van der Waals surface area contributed by atoms with Crippen molar-refractivity contribution in [3.63, 3.8) is 0 Å². The average molecular weight is 393 g/mol. The Morgan fingerprint density at radius 1 is 1.00 bits per heavy atom. The minimum atomic E-state index is -0.416. The highest BCUT2D eigenvalue weighted by Gasteiger charge is 2.26. The molecule has 0 bridgehead atoms. The van der Waals surface area contributed by atoms with Crippen LogP contribution < -0.4 is 4.74 Å². The second kappa shape index (κ2) is 9.78. The maximum Gasteiger partial charge on any atom is 0.311 e. The van der Waals surface area contributed by atoms with Gasteiger partial charge in [0.15, 0.2) is 0 Å². The summed E-state index contributed by atoms with van der Waals surface area (Å²) >= 11 is 0. The number of rotatable bonds is 8. The molecule has 0 aliphatic heterocycles. The molecule has 2 aromatic carbocycles. The third-order valence-corrected chi connectivity index (χ3v) is 5.73. The van der Waals surface area contributed by atoms with Crippen molar-refractivity contribution < 1.29 is 14.3 Å². The summed E-state index contributed by atoms with van der Waals surface area (Å²) in [6.45, 7) is 6.79. The number of ether oxygens (including phenoxy) is 2. The number of allylic oxidation sites excluding steroid dienone is 1. The predicted molar refractivity (Wildman–Crippen MR) is 119 cm³/mol. The monoisotopic (exact) mass is 392 g/mol. The molecule has 2 aromatic rings. The second-order valence-corrected chi connectivity index (χ2v) is 8.29. The van der Waals surface area contributed by atoms with Crippen molar-refractivity contribution in [2.75, 3.05) is 13.2 Å². The lowest BCUT2D eigenvalue weighted by atomic mass is 9.91. The lowest BCUT2D eigenvalue weighted by molar-refractivity contribution is -0.154. The van der Waals surface area contributed by atoms with Crippen LogP contribution >= 0.6 is 0 Å². The topological polar surface area (TPSA) is 35.5 Å². The minimum Gasteiger partial charge on any atom is -0.493 e. The second-order valence-electron chi connectivity index (χ2n) is 8.29. The number of hydrogen-bond donors (Lipinski definition) is 0. The predicted octanol–water partition coefficient (Wildman–Crippen LogP) is 6.31. The van der Waals surface area contributed by atoms with Gasteiger partial charge >= 0.3 is 5.97 Å². The fourth-order valence-corrected chi connectivity index (χ4v) is 3.46. The molecule has 154 valence electrons. The van der Waals surface area contributed by atoms with Crippen LogP contribution in [0.25, 0.3) is 11.6 Å². The quantitative estimate of drug-likeness (QED) is 0.390. The molecule has 0 atom stereocenters. The summed E-state index contributed by atoms with van der Waals surface area (Å²) < 4.78 is 11.5. The van der Waals surface area contributed by atoms with E-state index in [1.807, 2.05) is 26.8 Å². The van der Waals surface area contributed by atoms with E-state index < -0.39 is 5.41 Å². The van der Waals surface area contributed by atoms with E-state index in [0.29, 0.717) is 19.6 Å². The van der Waals surface area contributed by atoms with Gasteiger partial charge in [-0.05, 0) is 62.3 Å². The summed E-state index contributed by atoms with van der Waals surface area (Å²) in [5, 5.41) is 0. The summed E-state index contributed by atoms with van der Waals surface area (Å²) in [7, 11) is 0. The van der Waals surface area contributed by atoms with Gasteiger partial charge < -0.3 is 9.47 Å². The normalized spacial score (nSPS) is 13.8. The molecule has 3 rings (SSSR count). The molecule has 3 nitrogen and oxygen atoms in total. The van der Waals surface area contributed by atoms with E-state index >= 15 is 0 Å². The molecule has 0 radical (unpaired) electrons. The first kappa shape index (κ1) is 21.2. The van der Waals surface area contributed by atoms with Crippen LogP contribution in [0, 0.1) is 5.41 Å². The fourth-order valence-electron chi connectivity index (χ4n) is 3.46. The van der Waals surface area contributed by atoms with Gasteiger partial charge in [0.05, 0.1) is 18.6 Å². The standard InChI is InChI=1S/C26H32O3/c1-4-26(2,3)25(27)29-18-10-17-28-24-16-9-14-22-19-21(13-8-15-23(22)24)20-11-6-5-7-12-20/h5-7,9,11-12,14,16,19H,4,8,10,13,15,17-18H2,1-3H3. The zero-order valence-electron chi connectivity index (χ0n) is 17.9. The molecule has 0 N–H and O–H groups in total. The Morgan fingerprint density at radius 3 is 2.55 bits per heavy atom. The zero-order valence-corrected chi connectivity index (χ0v) is 17.9. The lowest BCUT2D eigenvalue weighted by Crippen LogP contribution is -2.26. The Morgan fingerprint density at radius 2 is 1.79 bits per heavy atom. The zero-order chi connectivity index (χ0) is 20.7. The molecule has 0 aromatic heterocycles. The van der Waals surface area contributed by atoms with Gasteiger partial charge in [0.2, 0.25) is 0 Å². The molecule has 0 fully saturated rings. The number of fused-ring (bicyclic) bond motifs is 1. The number of hydrogen-bond acceptors (Lipinski definition) is 3. The van der Waals surface area contributed by atoms with E-state index in [9.17, 15) is 4.79 Å². The van der Waals surface area contributed by atoms with Crippen LogP contribution in [-0.4, -0.2) is 19.2 Å². The first-order valence-electron chi connectivity index (χ1n) is 10.7. The summed E-state index contributed by atoms with van der Waals surface area (Å²) in [5.41, 5.74) is 4.79. The van der Waals surface area contributed by atoms with Gasteiger partial charge in [-0.1, -0.05) is 55.5 Å². The molecule has 0 saturated carbocycles. The summed E-state index contributed by atoms with van der Waals surface area (Å²) in [4.78, 5) is 12.0. The van der Waals surface area contributed by atoms with E-state index in [1.165, 1.54) is 22.3 Å². The summed E-state index contributed by atoms with van der Waals surface area (Å²) in [5.74, 6) is 0.820. The average Bonchev–Trinajstić information content (AvgIpc) is 2.97. The van der Waals surface area contributed by atoms with Gasteiger partial charge in [-0.3, -0.25) is 4.79 Å². The van der Waals surface area contributed by atoms with E-state index in [4.69, 9.17) is 9.47 Å². The van der Waals surface area contributed by atoms with E-state index in [1.54, 1.807) is 0 Å². The third kappa shape index (κ3) is 5.50. The van der Waals surface area contributed by atoms with Crippen molar-refractivity contribution in [2.24, 2.45) is 5.41 Å². The van der Waals surface area contributed by atoms with Crippen LogP contribution in [-0.2, 0) is 16.0 Å². The highest BCUT2D eigenvalue weighted by molar-refractivity contribution is 5.83. The van der Waals surface area contributed by atoms with Gasteiger partial charge in [-0.2, -0.15) is 0 Å². The Balaban J connectivity index is 1.60. The first-order valence-corrected chi connectivity index (χ1v) is 10.7. The molecule has 3 heteroatoms. The summed E-state index contributed by atoms with van der Waals surface area (Å²) in [6, 6.07) is 16.9. The van der Waals surface area contributed by atoms with E-state index in [0.717, 1.165) is 31.4 Å². The number of carbonyl (C=O) groups excluding carboxylic acids is 1. The van der Waals surface area contributed by atoms with Gasteiger partial charge in [0.1, 0.15) is 5.75 Å². The van der Waals surface area contributed by atoms with Crippen LogP contribution in [0.15, 0.2) is 48.5 Å². The van der Waals surface area contributed by atoms with Crippen LogP contribution in [0.4, 0.5) is 0 Å². The van der Waals surface area contributed by atoms with Gasteiger partial charge in [0, 0.05) is 12.0 Å². The Bertz CT molecular complexity index is 850. The van der Waals surface area contributed by atoms with Crippen molar-refractivity contribution in [3.8, 4) is 5.75 Å². The maximum absolute atomic E-state index is 12.0. The molecule has 0 unspecified atom stereocenters. The van der Waals surface area contributed by atoms with Crippen LogP contribution in [0.5, 0.6) is 5.75 Å². The van der Waals surface area contributed by atoms with Crippen molar-refractivity contribution >= 4 is 17.6 Å². The molecule has 0 spiro atoms. The smallest absolute Gasteiger partial charge is 0.311 e. The fraction of sp³-hybridized carbons (Fsp3) is 0.423. The summed E-state index contributed by atoms with van der Waals surface area (Å²) in [6.07, 6.45) is 6.97. The lowest BCUT2D eigenvalue weighted by Gasteiger charge is -2.20. The van der Waals surface area contributed by atoms with Gasteiger partial charge in [-0.15, -0.1) is 0 Å². The molecule has 1 aliphatic rings. The van der Waals surface area contributed by atoms with E-state index in [2.05, 4.69) is 48.5 Å². The Hall–Kier alpha value is -2.55. The molecule has 1 aliphatic carbocycles. The highest BCUT2D eigenvalue weighted by Crippen LogP contribution is 2.33. The third-order valence-electron chi connectivity index (χ3n) is 5.73. The molecule has 0 amide bonds. The molecule has 29 heavy (non-hydrogen) atoms. The number of esters is 1. The maximum atomic E-state index is 12.0. The van der Waals surface area contributed by atoms with Crippen molar-refractivity contribution in [2.45, 2.75) is 52.9 Å². The first-order chi connectivity index (χ1) is 14.0. The molecule has 0 heterocycles. The van der Waals surface area contributed by atoms with Gasteiger partial charge in [-0.25, -0.2) is 0 Å². The largest absolute Gasteiger partial charge is 0.493 e. The Kier molecular flexibility index (Phi) is 7.13. The minimum absolute atomic E-state index is 0.132. The van der Waals surface area contributed by atoms with Crippen LogP contribution in [0.2, 0.25) is 0 Å². The van der Waals surface area contributed by atoms with Crippen molar-refractivity contribution in [1.29, 1.82) is 0 Å². The van der Waals surface area contributed by atoms with Crippen molar-refractivity contribution in [3.05, 3.63) is 65.2 Å². The highest BCUT2D eigenvalue weighted by atomic mass is 16.5. The van der Waals surface area contributed by atoms with Crippen LogP contribution in [0.1, 0.15) is 63.1 Å².